The Hall–Kier alpha value is -2.36. The minimum Gasteiger partial charge on any atom is -0.382 e. The number of hydrogen-bond acceptors (Lipinski definition) is 4. The minimum atomic E-state index is -0.782. The van der Waals surface area contributed by atoms with E-state index in [0.717, 1.165) is 24.0 Å². The molecule has 0 bridgehead atoms. The minimum absolute atomic E-state index is 0.275. The van der Waals surface area contributed by atoms with Gasteiger partial charge in [0, 0.05) is 31.6 Å². The van der Waals surface area contributed by atoms with Crippen molar-refractivity contribution in [2.75, 3.05) is 20.3 Å². The molecule has 0 aromatic carbocycles. The maximum absolute atomic E-state index is 12.1. The zero-order valence-corrected chi connectivity index (χ0v) is 13.2. The van der Waals surface area contributed by atoms with Crippen LogP contribution < -0.4 is 5.73 Å². The summed E-state index contributed by atoms with van der Waals surface area (Å²) >= 11 is 0. The van der Waals surface area contributed by atoms with Crippen molar-refractivity contribution in [1.29, 1.82) is 5.26 Å². The molecule has 3 heterocycles. The zero-order chi connectivity index (χ0) is 16.4. The maximum Gasteiger partial charge on any atom is 0.240 e. The fourth-order valence-electron chi connectivity index (χ4n) is 3.55. The lowest BCUT2D eigenvalue weighted by Gasteiger charge is -2.35. The van der Waals surface area contributed by atoms with E-state index < -0.39 is 5.54 Å². The van der Waals surface area contributed by atoms with Gasteiger partial charge in [-0.2, -0.15) is 5.26 Å². The molecule has 1 aliphatic rings. The second-order valence-electron chi connectivity index (χ2n) is 5.99. The molecule has 1 amide bonds. The Labute approximate surface area is 135 Å². The van der Waals surface area contributed by atoms with E-state index in [0.29, 0.717) is 18.5 Å². The normalized spacial score (nSPS) is 21.6. The molecular weight excluding hydrogens is 292 g/mol. The standard InChI is InChI=1S/C17H20N4O2/c1-23-12-17(16(19)22)6-4-8-21(17)11-13-10-20-7-3-2-5-15(20)14(13)9-18/h2-3,5,7,10H,4,6,8,11-12H2,1H3,(H2,19,22). The molecule has 1 saturated heterocycles. The lowest BCUT2D eigenvalue weighted by Crippen LogP contribution is -2.56. The molecule has 2 N–H and O–H groups in total. The van der Waals surface area contributed by atoms with E-state index in [1.165, 1.54) is 0 Å². The summed E-state index contributed by atoms with van der Waals surface area (Å²) < 4.78 is 7.20. The molecule has 6 nitrogen and oxygen atoms in total. The average Bonchev–Trinajstić information content (AvgIpc) is 3.09. The van der Waals surface area contributed by atoms with Crippen molar-refractivity contribution in [1.82, 2.24) is 9.30 Å². The summed E-state index contributed by atoms with van der Waals surface area (Å²) in [7, 11) is 1.58. The van der Waals surface area contributed by atoms with Crippen molar-refractivity contribution in [2.24, 2.45) is 5.73 Å². The molecule has 1 unspecified atom stereocenters. The van der Waals surface area contributed by atoms with Gasteiger partial charge >= 0.3 is 0 Å². The number of carbonyl (C=O) groups is 1. The number of amides is 1. The predicted molar refractivity (Wildman–Crippen MR) is 85.6 cm³/mol. The maximum atomic E-state index is 12.1. The predicted octanol–water partition coefficient (Wildman–Crippen LogP) is 1.28. The van der Waals surface area contributed by atoms with Crippen molar-refractivity contribution in [3.05, 3.63) is 41.7 Å². The first-order chi connectivity index (χ1) is 11.1. The molecule has 2 aromatic heterocycles. The summed E-state index contributed by atoms with van der Waals surface area (Å²) in [6, 6.07) is 8.04. The highest BCUT2D eigenvalue weighted by atomic mass is 16.5. The van der Waals surface area contributed by atoms with E-state index in [1.807, 2.05) is 35.0 Å². The Morgan fingerprint density at radius 1 is 1.52 bits per heavy atom. The number of ether oxygens (including phenoxy) is 1. The van der Waals surface area contributed by atoms with Gasteiger partial charge in [0.15, 0.2) is 0 Å². The molecule has 1 fully saturated rings. The molecule has 23 heavy (non-hydrogen) atoms. The number of hydrogen-bond donors (Lipinski definition) is 1. The first kappa shape index (κ1) is 15.5. The highest BCUT2D eigenvalue weighted by molar-refractivity contribution is 5.85. The number of carbonyl (C=O) groups excluding carboxylic acids is 1. The van der Waals surface area contributed by atoms with Gasteiger partial charge in [-0.1, -0.05) is 6.07 Å². The van der Waals surface area contributed by atoms with Crippen LogP contribution in [0.2, 0.25) is 0 Å². The number of pyridine rings is 1. The monoisotopic (exact) mass is 312 g/mol. The fourth-order valence-corrected chi connectivity index (χ4v) is 3.55. The van der Waals surface area contributed by atoms with Gasteiger partial charge in [0.1, 0.15) is 11.6 Å². The first-order valence-corrected chi connectivity index (χ1v) is 7.65. The van der Waals surface area contributed by atoms with Crippen LogP contribution in [-0.4, -0.2) is 41.0 Å². The Balaban J connectivity index is 1.98. The quantitative estimate of drug-likeness (QED) is 0.901. The zero-order valence-electron chi connectivity index (χ0n) is 13.2. The van der Waals surface area contributed by atoms with Crippen LogP contribution in [0.15, 0.2) is 30.6 Å². The third-order valence-corrected chi connectivity index (χ3v) is 4.70. The van der Waals surface area contributed by atoms with E-state index >= 15 is 0 Å². The van der Waals surface area contributed by atoms with E-state index in [-0.39, 0.29) is 12.5 Å². The number of likely N-dealkylation sites (tertiary alicyclic amines) is 1. The van der Waals surface area contributed by atoms with Crippen molar-refractivity contribution in [3.63, 3.8) is 0 Å². The van der Waals surface area contributed by atoms with Gasteiger partial charge in [0.2, 0.25) is 5.91 Å². The van der Waals surface area contributed by atoms with Crippen LogP contribution in [0.1, 0.15) is 24.0 Å². The molecule has 0 saturated carbocycles. The van der Waals surface area contributed by atoms with Gasteiger partial charge < -0.3 is 14.9 Å². The molecule has 3 rings (SSSR count). The van der Waals surface area contributed by atoms with Gasteiger partial charge in [-0.05, 0) is 31.5 Å². The van der Waals surface area contributed by atoms with E-state index in [9.17, 15) is 10.1 Å². The number of fused-ring (bicyclic) bond motifs is 1. The summed E-state index contributed by atoms with van der Waals surface area (Å²) in [4.78, 5) is 14.1. The van der Waals surface area contributed by atoms with Crippen molar-refractivity contribution in [2.45, 2.75) is 24.9 Å². The summed E-state index contributed by atoms with van der Waals surface area (Å²) in [5.74, 6) is -0.362. The Bertz CT molecular complexity index is 776. The highest BCUT2D eigenvalue weighted by Crippen LogP contribution is 2.32. The summed E-state index contributed by atoms with van der Waals surface area (Å²) in [5.41, 5.74) is 7.32. The SMILES string of the molecule is COCC1(C(N)=O)CCCN1Cc1cn2ccccc2c1C#N. The van der Waals surface area contributed by atoms with Crippen LogP contribution in [0.4, 0.5) is 0 Å². The van der Waals surface area contributed by atoms with Gasteiger partial charge in [0.25, 0.3) is 0 Å². The van der Waals surface area contributed by atoms with Crippen LogP contribution in [-0.2, 0) is 16.1 Å². The number of nitriles is 1. The third-order valence-electron chi connectivity index (χ3n) is 4.70. The molecular formula is C17H20N4O2. The number of nitrogens with zero attached hydrogens (tertiary/aromatic N) is 3. The van der Waals surface area contributed by atoms with E-state index in [2.05, 4.69) is 11.0 Å². The van der Waals surface area contributed by atoms with Crippen molar-refractivity contribution >= 4 is 11.4 Å². The topological polar surface area (TPSA) is 83.8 Å². The van der Waals surface area contributed by atoms with Crippen LogP contribution in [0.5, 0.6) is 0 Å². The molecule has 2 aromatic rings. The number of nitrogens with two attached hydrogens (primary N) is 1. The number of rotatable bonds is 5. The molecule has 0 spiro atoms. The van der Waals surface area contributed by atoms with Gasteiger partial charge in [-0.3, -0.25) is 9.69 Å². The molecule has 1 aliphatic heterocycles. The summed E-state index contributed by atoms with van der Waals surface area (Å²) in [5, 5.41) is 9.52. The fraction of sp³-hybridized carbons (Fsp3) is 0.412. The van der Waals surface area contributed by atoms with Gasteiger partial charge in [-0.25, -0.2) is 0 Å². The number of methoxy groups -OCH3 is 1. The molecule has 120 valence electrons. The van der Waals surface area contributed by atoms with Crippen LogP contribution in [0.25, 0.3) is 5.52 Å². The molecule has 1 atom stereocenters. The van der Waals surface area contributed by atoms with E-state index in [1.54, 1.807) is 7.11 Å². The van der Waals surface area contributed by atoms with Crippen LogP contribution in [0.3, 0.4) is 0 Å². The Morgan fingerprint density at radius 3 is 3.04 bits per heavy atom. The Morgan fingerprint density at radius 2 is 2.35 bits per heavy atom. The summed E-state index contributed by atoms with van der Waals surface area (Å²) in [6.45, 7) is 1.55. The van der Waals surface area contributed by atoms with Crippen LogP contribution >= 0.6 is 0 Å². The first-order valence-electron chi connectivity index (χ1n) is 7.65. The highest BCUT2D eigenvalue weighted by Gasteiger charge is 2.46. The van der Waals surface area contributed by atoms with Gasteiger partial charge in [0.05, 0.1) is 17.7 Å². The molecule has 0 radical (unpaired) electrons. The second kappa shape index (κ2) is 6.03. The molecule has 0 aliphatic carbocycles. The van der Waals surface area contributed by atoms with Crippen molar-refractivity contribution in [3.8, 4) is 6.07 Å². The van der Waals surface area contributed by atoms with Crippen molar-refractivity contribution < 1.29 is 9.53 Å². The average molecular weight is 312 g/mol. The largest absolute Gasteiger partial charge is 0.382 e. The second-order valence-corrected chi connectivity index (χ2v) is 5.99. The van der Waals surface area contributed by atoms with E-state index in [4.69, 9.17) is 10.5 Å². The Kier molecular flexibility index (Phi) is 4.07. The number of primary amides is 1. The lowest BCUT2D eigenvalue weighted by atomic mass is 9.95. The van der Waals surface area contributed by atoms with Crippen LogP contribution in [0, 0.1) is 11.3 Å². The number of aromatic nitrogens is 1. The summed E-state index contributed by atoms with van der Waals surface area (Å²) in [6.07, 6.45) is 5.44. The molecule has 6 heteroatoms. The third kappa shape index (κ3) is 2.48. The van der Waals surface area contributed by atoms with Gasteiger partial charge in [-0.15, -0.1) is 0 Å². The smallest absolute Gasteiger partial charge is 0.240 e. The lowest BCUT2D eigenvalue weighted by molar-refractivity contribution is -0.132.